The molecule has 0 saturated heterocycles. The summed E-state index contributed by atoms with van der Waals surface area (Å²) < 4.78 is 5.14. The van der Waals surface area contributed by atoms with Crippen molar-refractivity contribution < 1.29 is 9.53 Å². The van der Waals surface area contributed by atoms with Crippen LogP contribution in [0.4, 0.5) is 4.79 Å². The van der Waals surface area contributed by atoms with Crippen LogP contribution in [0.25, 0.3) is 0 Å². The van der Waals surface area contributed by atoms with Crippen molar-refractivity contribution in [1.82, 2.24) is 10.3 Å². The molecule has 1 aromatic carbocycles. The SMILES string of the molecule is CC(NC(=O)Oc1ccccc1)c1ccncc1. The summed E-state index contributed by atoms with van der Waals surface area (Å²) in [5.41, 5.74) is 0.981. The van der Waals surface area contributed by atoms with Gasteiger partial charge in [0.15, 0.2) is 0 Å². The number of carbonyl (C=O) groups is 1. The van der Waals surface area contributed by atoms with Crippen molar-refractivity contribution >= 4 is 6.09 Å². The monoisotopic (exact) mass is 242 g/mol. The largest absolute Gasteiger partial charge is 0.413 e. The van der Waals surface area contributed by atoms with E-state index in [9.17, 15) is 4.79 Å². The zero-order valence-electron chi connectivity index (χ0n) is 10.0. The third-order valence-corrected chi connectivity index (χ3v) is 2.49. The molecular formula is C14H14N2O2. The Balaban J connectivity index is 1.92. The van der Waals surface area contributed by atoms with Gasteiger partial charge in [0.05, 0.1) is 6.04 Å². The number of nitrogens with one attached hydrogen (secondary N) is 1. The summed E-state index contributed by atoms with van der Waals surface area (Å²) in [5.74, 6) is 0.525. The molecule has 18 heavy (non-hydrogen) atoms. The number of amides is 1. The Bertz CT molecular complexity index is 500. The summed E-state index contributed by atoms with van der Waals surface area (Å²) in [6, 6.07) is 12.5. The van der Waals surface area contributed by atoms with E-state index in [4.69, 9.17) is 4.74 Å². The number of pyridine rings is 1. The van der Waals surface area contributed by atoms with Crippen LogP contribution in [-0.4, -0.2) is 11.1 Å². The first kappa shape index (κ1) is 12.1. The molecule has 0 radical (unpaired) electrons. The van der Waals surface area contributed by atoms with Gasteiger partial charge in [0.2, 0.25) is 0 Å². The van der Waals surface area contributed by atoms with Gasteiger partial charge in [-0.15, -0.1) is 0 Å². The fourth-order valence-electron chi connectivity index (χ4n) is 1.54. The minimum atomic E-state index is -0.467. The fraction of sp³-hybridized carbons (Fsp3) is 0.143. The lowest BCUT2D eigenvalue weighted by Crippen LogP contribution is -2.29. The van der Waals surface area contributed by atoms with Gasteiger partial charge in [-0.25, -0.2) is 4.79 Å². The average molecular weight is 242 g/mol. The van der Waals surface area contributed by atoms with Crippen molar-refractivity contribution in [2.75, 3.05) is 0 Å². The molecule has 0 spiro atoms. The molecule has 0 aliphatic heterocycles. The van der Waals surface area contributed by atoms with E-state index in [1.54, 1.807) is 24.5 Å². The van der Waals surface area contributed by atoms with Crippen LogP contribution in [-0.2, 0) is 0 Å². The number of nitrogens with zero attached hydrogens (tertiary/aromatic N) is 1. The second-order valence-corrected chi connectivity index (χ2v) is 3.85. The molecule has 2 rings (SSSR count). The lowest BCUT2D eigenvalue weighted by molar-refractivity contribution is 0.197. The molecule has 1 heterocycles. The molecule has 2 aromatic rings. The van der Waals surface area contributed by atoms with Gasteiger partial charge in [-0.3, -0.25) is 4.98 Å². The van der Waals surface area contributed by atoms with Gasteiger partial charge < -0.3 is 10.1 Å². The average Bonchev–Trinajstić information content (AvgIpc) is 2.40. The molecule has 0 bridgehead atoms. The highest BCUT2D eigenvalue weighted by molar-refractivity contribution is 5.70. The molecule has 0 aliphatic carbocycles. The van der Waals surface area contributed by atoms with E-state index < -0.39 is 6.09 Å². The normalized spacial score (nSPS) is 11.6. The summed E-state index contributed by atoms with van der Waals surface area (Å²) in [5, 5.41) is 2.76. The quantitative estimate of drug-likeness (QED) is 0.900. The molecule has 1 N–H and O–H groups in total. The van der Waals surface area contributed by atoms with Crippen LogP contribution in [0.5, 0.6) is 5.75 Å². The van der Waals surface area contributed by atoms with Gasteiger partial charge in [-0.1, -0.05) is 18.2 Å². The molecule has 0 saturated carbocycles. The summed E-state index contributed by atoms with van der Waals surface area (Å²) in [7, 11) is 0. The van der Waals surface area contributed by atoms with E-state index in [0.29, 0.717) is 5.75 Å². The van der Waals surface area contributed by atoms with Crippen LogP contribution in [0.1, 0.15) is 18.5 Å². The molecule has 4 heteroatoms. The Morgan fingerprint density at radius 3 is 2.50 bits per heavy atom. The van der Waals surface area contributed by atoms with Crippen LogP contribution in [0.2, 0.25) is 0 Å². The Kier molecular flexibility index (Phi) is 3.91. The Labute approximate surface area is 106 Å². The second-order valence-electron chi connectivity index (χ2n) is 3.85. The summed E-state index contributed by atoms with van der Waals surface area (Å²) >= 11 is 0. The van der Waals surface area contributed by atoms with E-state index in [1.807, 2.05) is 37.3 Å². The third-order valence-electron chi connectivity index (χ3n) is 2.49. The number of para-hydroxylation sites is 1. The highest BCUT2D eigenvalue weighted by atomic mass is 16.6. The highest BCUT2D eigenvalue weighted by Crippen LogP contribution is 2.12. The van der Waals surface area contributed by atoms with Crippen LogP contribution in [0, 0.1) is 0 Å². The number of aromatic nitrogens is 1. The van der Waals surface area contributed by atoms with Gasteiger partial charge >= 0.3 is 6.09 Å². The van der Waals surface area contributed by atoms with Gasteiger partial charge in [0.1, 0.15) is 5.75 Å². The molecule has 1 amide bonds. The van der Waals surface area contributed by atoms with Crippen LogP contribution in [0.3, 0.4) is 0 Å². The zero-order chi connectivity index (χ0) is 12.8. The highest BCUT2D eigenvalue weighted by Gasteiger charge is 2.10. The first-order valence-corrected chi connectivity index (χ1v) is 5.69. The summed E-state index contributed by atoms with van der Waals surface area (Å²) in [4.78, 5) is 15.6. The van der Waals surface area contributed by atoms with Crippen molar-refractivity contribution in [3.05, 3.63) is 60.4 Å². The van der Waals surface area contributed by atoms with E-state index >= 15 is 0 Å². The number of carbonyl (C=O) groups excluding carboxylic acids is 1. The maximum absolute atomic E-state index is 11.6. The van der Waals surface area contributed by atoms with Gasteiger partial charge in [-0.2, -0.15) is 0 Å². The van der Waals surface area contributed by atoms with Crippen molar-refractivity contribution in [2.24, 2.45) is 0 Å². The lowest BCUT2D eigenvalue weighted by atomic mass is 10.1. The summed E-state index contributed by atoms with van der Waals surface area (Å²) in [6.45, 7) is 1.89. The van der Waals surface area contributed by atoms with E-state index in [1.165, 1.54) is 0 Å². The minimum absolute atomic E-state index is 0.121. The molecule has 0 fully saturated rings. The molecule has 1 unspecified atom stereocenters. The maximum atomic E-state index is 11.6. The van der Waals surface area contributed by atoms with Crippen molar-refractivity contribution in [1.29, 1.82) is 0 Å². The predicted octanol–water partition coefficient (Wildman–Crippen LogP) is 2.93. The summed E-state index contributed by atoms with van der Waals surface area (Å²) in [6.07, 6.45) is 2.91. The minimum Gasteiger partial charge on any atom is -0.410 e. The molecule has 4 nitrogen and oxygen atoms in total. The Hall–Kier alpha value is -2.36. The molecule has 1 aromatic heterocycles. The van der Waals surface area contributed by atoms with Crippen LogP contribution < -0.4 is 10.1 Å². The number of hydrogen-bond acceptors (Lipinski definition) is 3. The zero-order valence-corrected chi connectivity index (χ0v) is 10.0. The van der Waals surface area contributed by atoms with Crippen LogP contribution in [0.15, 0.2) is 54.9 Å². The number of benzene rings is 1. The number of rotatable bonds is 3. The Morgan fingerprint density at radius 1 is 1.17 bits per heavy atom. The van der Waals surface area contributed by atoms with Crippen molar-refractivity contribution in [3.63, 3.8) is 0 Å². The van der Waals surface area contributed by atoms with Gasteiger partial charge in [0, 0.05) is 12.4 Å². The fourth-order valence-corrected chi connectivity index (χ4v) is 1.54. The number of ether oxygens (including phenoxy) is 1. The second kappa shape index (κ2) is 5.82. The van der Waals surface area contributed by atoms with Crippen molar-refractivity contribution in [3.8, 4) is 5.75 Å². The van der Waals surface area contributed by atoms with E-state index in [0.717, 1.165) is 5.56 Å². The first-order chi connectivity index (χ1) is 8.75. The lowest BCUT2D eigenvalue weighted by Gasteiger charge is -2.13. The molecular weight excluding hydrogens is 228 g/mol. The maximum Gasteiger partial charge on any atom is 0.413 e. The van der Waals surface area contributed by atoms with E-state index in [-0.39, 0.29) is 6.04 Å². The topological polar surface area (TPSA) is 51.2 Å². The predicted molar refractivity (Wildman–Crippen MR) is 68.3 cm³/mol. The third kappa shape index (κ3) is 3.31. The van der Waals surface area contributed by atoms with E-state index in [2.05, 4.69) is 10.3 Å². The first-order valence-electron chi connectivity index (χ1n) is 5.69. The molecule has 0 aliphatic rings. The number of hydrogen-bond donors (Lipinski definition) is 1. The van der Waals surface area contributed by atoms with Gasteiger partial charge in [-0.05, 0) is 36.8 Å². The molecule has 92 valence electrons. The standard InChI is InChI=1S/C14H14N2O2/c1-11(12-7-9-15-10-8-12)16-14(17)18-13-5-3-2-4-6-13/h2-11H,1H3,(H,16,17). The van der Waals surface area contributed by atoms with Crippen molar-refractivity contribution in [2.45, 2.75) is 13.0 Å². The Morgan fingerprint density at radius 2 is 1.83 bits per heavy atom. The van der Waals surface area contributed by atoms with Crippen LogP contribution >= 0.6 is 0 Å². The smallest absolute Gasteiger partial charge is 0.410 e. The molecule has 1 atom stereocenters. The van der Waals surface area contributed by atoms with Gasteiger partial charge in [0.25, 0.3) is 0 Å².